The maximum absolute atomic E-state index is 13.4. The summed E-state index contributed by atoms with van der Waals surface area (Å²) in [6.07, 6.45) is 1.17. The van der Waals surface area contributed by atoms with Crippen LogP contribution in [0.1, 0.15) is 12.0 Å². The molecule has 0 radical (unpaired) electrons. The molecule has 0 amide bonds. The number of aliphatic imine (C=N–C) groups is 1. The molecule has 4 nitrogen and oxygen atoms in total. The molecule has 0 saturated carbocycles. The molecular weight excluding hydrogens is 327 g/mol. The highest BCUT2D eigenvalue weighted by Crippen LogP contribution is 2.23. The van der Waals surface area contributed by atoms with Gasteiger partial charge >= 0.3 is 0 Å². The summed E-state index contributed by atoms with van der Waals surface area (Å²) in [5.74, 6) is 1.23. The van der Waals surface area contributed by atoms with E-state index in [0.29, 0.717) is 12.5 Å². The first kappa shape index (κ1) is 18.2. The molecule has 1 N–H and O–H groups in total. The van der Waals surface area contributed by atoms with Crippen molar-refractivity contribution in [2.45, 2.75) is 13.0 Å². The van der Waals surface area contributed by atoms with Gasteiger partial charge in [0.05, 0.1) is 0 Å². The molecule has 138 valence electrons. The second-order valence-electron chi connectivity index (χ2n) is 6.85. The predicted molar refractivity (Wildman–Crippen MR) is 106 cm³/mol. The van der Waals surface area contributed by atoms with E-state index in [1.54, 1.807) is 19.2 Å². The monoisotopic (exact) mass is 354 g/mol. The fourth-order valence-electron chi connectivity index (χ4n) is 3.48. The van der Waals surface area contributed by atoms with Crippen LogP contribution in [-0.4, -0.2) is 44.6 Å². The molecule has 1 heterocycles. The van der Waals surface area contributed by atoms with Crippen molar-refractivity contribution < 1.29 is 4.39 Å². The van der Waals surface area contributed by atoms with E-state index in [9.17, 15) is 4.39 Å². The largest absolute Gasteiger partial charge is 0.371 e. The first-order chi connectivity index (χ1) is 12.7. The summed E-state index contributed by atoms with van der Waals surface area (Å²) >= 11 is 0. The molecule has 1 atom stereocenters. The molecule has 26 heavy (non-hydrogen) atoms. The van der Waals surface area contributed by atoms with E-state index in [0.717, 1.165) is 31.2 Å². The Balaban J connectivity index is 1.50. The molecule has 1 aliphatic heterocycles. The number of rotatable bonds is 5. The zero-order valence-corrected chi connectivity index (χ0v) is 15.5. The third-order valence-electron chi connectivity index (χ3n) is 4.84. The maximum atomic E-state index is 13.4. The van der Waals surface area contributed by atoms with Crippen molar-refractivity contribution in [3.8, 4) is 0 Å². The Bertz CT molecular complexity index is 732. The normalized spacial score (nSPS) is 17.4. The molecule has 0 spiro atoms. The van der Waals surface area contributed by atoms with Crippen molar-refractivity contribution in [3.63, 3.8) is 0 Å². The van der Waals surface area contributed by atoms with Gasteiger partial charge in [-0.1, -0.05) is 30.3 Å². The van der Waals surface area contributed by atoms with Crippen LogP contribution in [0.5, 0.6) is 0 Å². The highest BCUT2D eigenvalue weighted by molar-refractivity contribution is 5.79. The van der Waals surface area contributed by atoms with Crippen molar-refractivity contribution in [1.82, 2.24) is 10.2 Å². The predicted octanol–water partition coefficient (Wildman–Crippen LogP) is 3.36. The van der Waals surface area contributed by atoms with E-state index in [1.165, 1.54) is 18.2 Å². The first-order valence-electron chi connectivity index (χ1n) is 9.12. The molecule has 0 aliphatic carbocycles. The smallest absolute Gasteiger partial charge is 0.193 e. The minimum atomic E-state index is -0.203. The third-order valence-corrected chi connectivity index (χ3v) is 4.84. The van der Waals surface area contributed by atoms with E-state index < -0.39 is 0 Å². The summed E-state index contributed by atoms with van der Waals surface area (Å²) in [5, 5.41) is 3.47. The van der Waals surface area contributed by atoms with Gasteiger partial charge in [0.25, 0.3) is 0 Å². The van der Waals surface area contributed by atoms with Crippen molar-refractivity contribution in [2.24, 2.45) is 10.9 Å². The summed E-state index contributed by atoms with van der Waals surface area (Å²) in [5.41, 5.74) is 2.23. The van der Waals surface area contributed by atoms with Gasteiger partial charge in [-0.3, -0.25) is 4.99 Å². The number of benzene rings is 2. The maximum Gasteiger partial charge on any atom is 0.193 e. The summed E-state index contributed by atoms with van der Waals surface area (Å²) in [4.78, 5) is 8.83. The van der Waals surface area contributed by atoms with Crippen LogP contribution in [0.2, 0.25) is 0 Å². The van der Waals surface area contributed by atoms with Crippen LogP contribution in [0.25, 0.3) is 0 Å². The van der Waals surface area contributed by atoms with Gasteiger partial charge in [-0.25, -0.2) is 4.39 Å². The number of hydrogen-bond acceptors (Lipinski definition) is 2. The van der Waals surface area contributed by atoms with Crippen LogP contribution in [0.3, 0.4) is 0 Å². The Hall–Kier alpha value is -2.56. The van der Waals surface area contributed by atoms with Crippen LogP contribution < -0.4 is 10.2 Å². The Kier molecular flexibility index (Phi) is 6.10. The zero-order valence-electron chi connectivity index (χ0n) is 15.5. The minimum Gasteiger partial charge on any atom is -0.371 e. The second-order valence-corrected chi connectivity index (χ2v) is 6.85. The van der Waals surface area contributed by atoms with Crippen molar-refractivity contribution >= 4 is 11.6 Å². The van der Waals surface area contributed by atoms with Gasteiger partial charge in [0.2, 0.25) is 0 Å². The lowest BCUT2D eigenvalue weighted by molar-refractivity contribution is 0.461. The van der Waals surface area contributed by atoms with Crippen molar-refractivity contribution in [1.29, 1.82) is 0 Å². The number of hydrogen-bond donors (Lipinski definition) is 1. The number of halogens is 1. The molecule has 5 heteroatoms. The molecule has 1 fully saturated rings. The number of nitrogens with one attached hydrogen (secondary N) is 1. The van der Waals surface area contributed by atoms with Crippen LogP contribution in [0.15, 0.2) is 59.6 Å². The summed E-state index contributed by atoms with van der Waals surface area (Å²) in [6.45, 7) is 3.66. The lowest BCUT2D eigenvalue weighted by Crippen LogP contribution is -2.41. The molecule has 1 unspecified atom stereocenters. The van der Waals surface area contributed by atoms with Gasteiger partial charge in [-0.05, 0) is 42.2 Å². The Morgan fingerprint density at radius 1 is 1.23 bits per heavy atom. The third kappa shape index (κ3) is 4.75. The Morgan fingerprint density at radius 3 is 2.77 bits per heavy atom. The van der Waals surface area contributed by atoms with E-state index in [-0.39, 0.29) is 5.82 Å². The van der Waals surface area contributed by atoms with E-state index >= 15 is 0 Å². The van der Waals surface area contributed by atoms with Gasteiger partial charge in [0, 0.05) is 46.0 Å². The zero-order chi connectivity index (χ0) is 18.4. The standard InChI is InChI=1S/C21H27FN4/c1-23-21(25(2)15-17-7-6-8-19(22)13-17)24-14-18-11-12-26(16-18)20-9-4-3-5-10-20/h3-10,13,18H,11-12,14-16H2,1-2H3,(H,23,24). The number of nitrogens with zero attached hydrogens (tertiary/aromatic N) is 3. The van der Waals surface area contributed by atoms with Crippen molar-refractivity contribution in [2.75, 3.05) is 38.6 Å². The quantitative estimate of drug-likeness (QED) is 0.660. The fourth-order valence-corrected chi connectivity index (χ4v) is 3.48. The SMILES string of the molecule is CN=C(NCC1CCN(c2ccccc2)C1)N(C)Cc1cccc(F)c1. The summed E-state index contributed by atoms with van der Waals surface area (Å²) < 4.78 is 13.4. The van der Waals surface area contributed by atoms with Gasteiger partial charge in [-0.2, -0.15) is 0 Å². The van der Waals surface area contributed by atoms with Gasteiger partial charge in [0.1, 0.15) is 5.82 Å². The average molecular weight is 354 g/mol. The van der Waals surface area contributed by atoms with Gasteiger partial charge in [-0.15, -0.1) is 0 Å². The van der Waals surface area contributed by atoms with E-state index in [2.05, 4.69) is 45.5 Å². The molecule has 1 aliphatic rings. The molecule has 2 aromatic rings. The van der Waals surface area contributed by atoms with E-state index in [1.807, 2.05) is 18.0 Å². The Morgan fingerprint density at radius 2 is 2.04 bits per heavy atom. The molecule has 0 aromatic heterocycles. The molecule has 3 rings (SSSR count). The molecular formula is C21H27FN4. The lowest BCUT2D eigenvalue weighted by atomic mass is 10.1. The van der Waals surface area contributed by atoms with Crippen LogP contribution in [0, 0.1) is 11.7 Å². The summed E-state index contributed by atoms with van der Waals surface area (Å²) in [6, 6.07) is 17.3. The van der Waals surface area contributed by atoms with Gasteiger partial charge in [0.15, 0.2) is 5.96 Å². The lowest BCUT2D eigenvalue weighted by Gasteiger charge is -2.24. The minimum absolute atomic E-state index is 0.203. The fraction of sp³-hybridized carbons (Fsp3) is 0.381. The van der Waals surface area contributed by atoms with Gasteiger partial charge < -0.3 is 15.1 Å². The average Bonchev–Trinajstić information content (AvgIpc) is 3.12. The molecule has 1 saturated heterocycles. The summed E-state index contributed by atoms with van der Waals surface area (Å²) in [7, 11) is 3.76. The highest BCUT2D eigenvalue weighted by atomic mass is 19.1. The number of anilines is 1. The van der Waals surface area contributed by atoms with E-state index in [4.69, 9.17) is 0 Å². The number of para-hydroxylation sites is 1. The highest BCUT2D eigenvalue weighted by Gasteiger charge is 2.23. The molecule has 2 aromatic carbocycles. The first-order valence-corrected chi connectivity index (χ1v) is 9.12. The van der Waals surface area contributed by atoms with Crippen LogP contribution in [0.4, 0.5) is 10.1 Å². The van der Waals surface area contributed by atoms with Crippen LogP contribution >= 0.6 is 0 Å². The second kappa shape index (κ2) is 8.70. The van der Waals surface area contributed by atoms with Crippen LogP contribution in [-0.2, 0) is 6.54 Å². The molecule has 0 bridgehead atoms. The number of guanidine groups is 1. The Labute approximate surface area is 155 Å². The topological polar surface area (TPSA) is 30.9 Å². The van der Waals surface area contributed by atoms with Crippen molar-refractivity contribution in [3.05, 3.63) is 66.0 Å².